The smallest absolute Gasteiger partial charge is 0.318 e. The van der Waals surface area contributed by atoms with Gasteiger partial charge in [0.05, 0.1) is 19.1 Å². The second-order valence-corrected chi connectivity index (χ2v) is 5.57. The molecule has 1 N–H and O–H groups in total. The number of rotatable bonds is 6. The van der Waals surface area contributed by atoms with Crippen molar-refractivity contribution in [3.05, 3.63) is 47.2 Å². The van der Waals surface area contributed by atoms with Gasteiger partial charge in [-0.1, -0.05) is 13.8 Å². The summed E-state index contributed by atoms with van der Waals surface area (Å²) in [6.07, 6.45) is 0.495. The Hall–Kier alpha value is -1.79. The first-order chi connectivity index (χ1) is 10.4. The number of benzene rings is 1. The second-order valence-electron chi connectivity index (χ2n) is 5.57. The van der Waals surface area contributed by atoms with Crippen molar-refractivity contribution < 1.29 is 28.2 Å². The summed E-state index contributed by atoms with van der Waals surface area (Å²) in [5, 5.41) is 9.93. The molecule has 4 nitrogen and oxygen atoms in total. The molecule has 0 saturated carbocycles. The van der Waals surface area contributed by atoms with E-state index in [0.29, 0.717) is 5.56 Å². The lowest BCUT2D eigenvalue weighted by Gasteiger charge is -2.11. The van der Waals surface area contributed by atoms with Gasteiger partial charge in [0.15, 0.2) is 0 Å². The van der Waals surface area contributed by atoms with Crippen molar-refractivity contribution in [2.45, 2.75) is 26.6 Å². The molecule has 1 heterocycles. The monoisotopic (exact) mass is 312 g/mol. The Morgan fingerprint density at radius 1 is 1.27 bits per heavy atom. The van der Waals surface area contributed by atoms with Gasteiger partial charge in [-0.25, -0.2) is 8.78 Å². The highest BCUT2D eigenvalue weighted by Crippen LogP contribution is 2.26. The Morgan fingerprint density at radius 3 is 2.45 bits per heavy atom. The Labute approximate surface area is 127 Å². The van der Waals surface area contributed by atoms with Gasteiger partial charge >= 0.3 is 5.97 Å². The standard InChI is InChI=1S/C16H18F2O4/c1-9(2)13-6-15(22-16(13)20)14(19)8-21-7-10-3-11(17)5-12(18)4-10/h3-6,9,13-14,19H,7-8H2,1-2H3. The highest BCUT2D eigenvalue weighted by Gasteiger charge is 2.32. The normalized spacial score (nSPS) is 19.3. The number of halogens is 2. The number of carbonyl (C=O) groups excluding carboxylic acids is 1. The zero-order valence-electron chi connectivity index (χ0n) is 12.4. The lowest BCUT2D eigenvalue weighted by atomic mass is 9.96. The predicted molar refractivity (Wildman–Crippen MR) is 74.5 cm³/mol. The molecule has 0 spiro atoms. The van der Waals surface area contributed by atoms with E-state index in [4.69, 9.17) is 9.47 Å². The summed E-state index contributed by atoms with van der Waals surface area (Å²) in [5.41, 5.74) is 0.321. The lowest BCUT2D eigenvalue weighted by molar-refractivity contribution is -0.142. The number of aliphatic hydroxyl groups is 1. The lowest BCUT2D eigenvalue weighted by Crippen LogP contribution is -2.19. The van der Waals surface area contributed by atoms with Crippen LogP contribution in [0.25, 0.3) is 0 Å². The maximum atomic E-state index is 13.0. The Bertz CT molecular complexity index is 563. The van der Waals surface area contributed by atoms with Crippen LogP contribution in [0.3, 0.4) is 0 Å². The van der Waals surface area contributed by atoms with Crippen LogP contribution in [0.15, 0.2) is 30.0 Å². The minimum Gasteiger partial charge on any atom is -0.428 e. The van der Waals surface area contributed by atoms with Crippen molar-refractivity contribution in [2.24, 2.45) is 11.8 Å². The van der Waals surface area contributed by atoms with Crippen LogP contribution in [0, 0.1) is 23.5 Å². The fourth-order valence-electron chi connectivity index (χ4n) is 2.17. The average molecular weight is 312 g/mol. The molecule has 6 heteroatoms. The van der Waals surface area contributed by atoms with E-state index >= 15 is 0 Å². The Morgan fingerprint density at radius 2 is 1.91 bits per heavy atom. The van der Waals surface area contributed by atoms with Crippen LogP contribution in [0.4, 0.5) is 8.78 Å². The first kappa shape index (κ1) is 16.6. The van der Waals surface area contributed by atoms with Crippen LogP contribution in [-0.2, 0) is 20.9 Å². The number of hydrogen-bond acceptors (Lipinski definition) is 4. The quantitative estimate of drug-likeness (QED) is 0.820. The molecular formula is C16H18F2O4. The van der Waals surface area contributed by atoms with E-state index in [1.807, 2.05) is 13.8 Å². The Balaban J connectivity index is 1.87. The molecule has 2 rings (SSSR count). The van der Waals surface area contributed by atoms with Gasteiger partial charge in [0.1, 0.15) is 23.5 Å². The van der Waals surface area contributed by atoms with Crippen LogP contribution in [0.5, 0.6) is 0 Å². The van der Waals surface area contributed by atoms with E-state index in [1.165, 1.54) is 0 Å². The minimum absolute atomic E-state index is 0.0550. The van der Waals surface area contributed by atoms with Gasteiger partial charge in [0.25, 0.3) is 0 Å². The molecule has 1 aromatic carbocycles. The van der Waals surface area contributed by atoms with Gasteiger partial charge in [-0.05, 0) is 29.7 Å². The van der Waals surface area contributed by atoms with Gasteiger partial charge in [-0.2, -0.15) is 0 Å². The van der Waals surface area contributed by atoms with Crippen molar-refractivity contribution in [3.8, 4) is 0 Å². The topological polar surface area (TPSA) is 55.8 Å². The van der Waals surface area contributed by atoms with Gasteiger partial charge in [0.2, 0.25) is 0 Å². The van der Waals surface area contributed by atoms with E-state index in [-0.39, 0.29) is 30.8 Å². The summed E-state index contributed by atoms with van der Waals surface area (Å²) in [4.78, 5) is 11.6. The average Bonchev–Trinajstić information content (AvgIpc) is 2.80. The third-order valence-electron chi connectivity index (χ3n) is 3.35. The van der Waals surface area contributed by atoms with E-state index in [9.17, 15) is 18.7 Å². The minimum atomic E-state index is -1.09. The summed E-state index contributed by atoms with van der Waals surface area (Å²) in [5.74, 6) is -1.90. The van der Waals surface area contributed by atoms with Crippen LogP contribution in [0.2, 0.25) is 0 Å². The van der Waals surface area contributed by atoms with Crippen molar-refractivity contribution in [3.63, 3.8) is 0 Å². The number of aliphatic hydroxyl groups excluding tert-OH is 1. The molecule has 0 amide bonds. The molecular weight excluding hydrogens is 294 g/mol. The number of ether oxygens (including phenoxy) is 2. The molecule has 1 aromatic rings. The van der Waals surface area contributed by atoms with E-state index in [1.54, 1.807) is 6.08 Å². The van der Waals surface area contributed by atoms with Crippen LogP contribution in [0.1, 0.15) is 19.4 Å². The fourth-order valence-corrected chi connectivity index (χ4v) is 2.17. The zero-order chi connectivity index (χ0) is 16.3. The third-order valence-corrected chi connectivity index (χ3v) is 3.35. The van der Waals surface area contributed by atoms with Gasteiger partial charge in [-0.3, -0.25) is 4.79 Å². The molecule has 0 fully saturated rings. The second kappa shape index (κ2) is 6.98. The van der Waals surface area contributed by atoms with Crippen molar-refractivity contribution in [1.82, 2.24) is 0 Å². The summed E-state index contributed by atoms with van der Waals surface area (Å²) in [6, 6.07) is 3.07. The summed E-state index contributed by atoms with van der Waals surface area (Å²) >= 11 is 0. The molecule has 22 heavy (non-hydrogen) atoms. The number of carbonyl (C=O) groups is 1. The summed E-state index contributed by atoms with van der Waals surface area (Å²) in [6.45, 7) is 3.57. The molecule has 0 saturated heterocycles. The molecule has 0 aliphatic carbocycles. The number of esters is 1. The molecule has 2 atom stereocenters. The number of hydrogen-bond donors (Lipinski definition) is 1. The molecule has 2 unspecified atom stereocenters. The predicted octanol–water partition coefficient (Wildman–Crippen LogP) is 2.56. The van der Waals surface area contributed by atoms with Crippen molar-refractivity contribution in [1.29, 1.82) is 0 Å². The van der Waals surface area contributed by atoms with Crippen LogP contribution < -0.4 is 0 Å². The number of cyclic esters (lactones) is 1. The van der Waals surface area contributed by atoms with E-state index < -0.39 is 23.7 Å². The van der Waals surface area contributed by atoms with Crippen LogP contribution >= 0.6 is 0 Å². The maximum absolute atomic E-state index is 13.0. The Kier molecular flexibility index (Phi) is 5.26. The highest BCUT2D eigenvalue weighted by atomic mass is 19.1. The molecule has 0 radical (unpaired) electrons. The first-order valence-corrected chi connectivity index (χ1v) is 7.01. The third kappa shape index (κ3) is 4.11. The van der Waals surface area contributed by atoms with Gasteiger partial charge in [0, 0.05) is 6.07 Å². The SMILES string of the molecule is CC(C)C1C=C(C(O)COCc2cc(F)cc(F)c2)OC1=O. The highest BCUT2D eigenvalue weighted by molar-refractivity contribution is 5.78. The zero-order valence-corrected chi connectivity index (χ0v) is 12.4. The summed E-state index contributed by atoms with van der Waals surface area (Å²) in [7, 11) is 0. The molecule has 0 aromatic heterocycles. The van der Waals surface area contributed by atoms with Crippen molar-refractivity contribution in [2.75, 3.05) is 6.61 Å². The van der Waals surface area contributed by atoms with Crippen LogP contribution in [-0.4, -0.2) is 23.8 Å². The molecule has 120 valence electrons. The summed E-state index contributed by atoms with van der Waals surface area (Å²) < 4.78 is 36.2. The fraction of sp³-hybridized carbons (Fsp3) is 0.438. The first-order valence-electron chi connectivity index (χ1n) is 7.01. The molecule has 1 aliphatic rings. The maximum Gasteiger partial charge on any atom is 0.318 e. The van der Waals surface area contributed by atoms with Crippen molar-refractivity contribution >= 4 is 5.97 Å². The molecule has 0 bridgehead atoms. The van der Waals surface area contributed by atoms with E-state index in [2.05, 4.69) is 0 Å². The largest absolute Gasteiger partial charge is 0.428 e. The molecule has 1 aliphatic heterocycles. The van der Waals surface area contributed by atoms with E-state index in [0.717, 1.165) is 18.2 Å². The van der Waals surface area contributed by atoms with Gasteiger partial charge in [-0.15, -0.1) is 0 Å². The van der Waals surface area contributed by atoms with Gasteiger partial charge < -0.3 is 14.6 Å².